The SMILES string of the molecule is CC(=O)c1cc2ccc(O)c(O)c2nc1C. The van der Waals surface area contributed by atoms with Gasteiger partial charge >= 0.3 is 0 Å². The first-order chi connectivity index (χ1) is 7.50. The predicted octanol–water partition coefficient (Wildman–Crippen LogP) is 2.16. The third-order valence-corrected chi connectivity index (χ3v) is 2.51. The molecule has 0 saturated heterocycles. The first-order valence-corrected chi connectivity index (χ1v) is 4.84. The minimum atomic E-state index is -0.254. The van der Waals surface area contributed by atoms with Crippen molar-refractivity contribution in [2.24, 2.45) is 0 Å². The Morgan fingerprint density at radius 3 is 2.62 bits per heavy atom. The molecule has 4 nitrogen and oxygen atoms in total. The summed E-state index contributed by atoms with van der Waals surface area (Å²) in [5, 5.41) is 19.6. The number of hydrogen-bond acceptors (Lipinski definition) is 4. The van der Waals surface area contributed by atoms with Crippen molar-refractivity contribution in [2.45, 2.75) is 13.8 Å². The molecule has 0 aliphatic heterocycles. The highest BCUT2D eigenvalue weighted by Crippen LogP contribution is 2.32. The van der Waals surface area contributed by atoms with Gasteiger partial charge in [-0.05, 0) is 32.0 Å². The van der Waals surface area contributed by atoms with Gasteiger partial charge in [0.25, 0.3) is 0 Å². The Labute approximate surface area is 92.2 Å². The molecule has 0 unspecified atom stereocenters. The summed E-state index contributed by atoms with van der Waals surface area (Å²) in [7, 11) is 0. The number of aryl methyl sites for hydroxylation is 1. The second-order valence-electron chi connectivity index (χ2n) is 3.68. The highest BCUT2D eigenvalue weighted by atomic mass is 16.3. The van der Waals surface area contributed by atoms with Gasteiger partial charge in [0.2, 0.25) is 0 Å². The molecule has 0 aliphatic carbocycles. The number of aromatic nitrogens is 1. The van der Waals surface area contributed by atoms with Gasteiger partial charge in [-0.1, -0.05) is 0 Å². The number of fused-ring (bicyclic) bond motifs is 1. The third-order valence-electron chi connectivity index (χ3n) is 2.51. The molecule has 0 amide bonds. The number of pyridine rings is 1. The van der Waals surface area contributed by atoms with E-state index in [1.807, 2.05) is 0 Å². The molecule has 1 aromatic heterocycles. The van der Waals surface area contributed by atoms with Crippen LogP contribution in [0, 0.1) is 6.92 Å². The maximum absolute atomic E-state index is 11.3. The van der Waals surface area contributed by atoms with Gasteiger partial charge in [-0.15, -0.1) is 0 Å². The van der Waals surface area contributed by atoms with Crippen LogP contribution in [0.1, 0.15) is 23.0 Å². The lowest BCUT2D eigenvalue weighted by molar-refractivity contribution is 0.101. The molecule has 0 saturated carbocycles. The lowest BCUT2D eigenvalue weighted by Gasteiger charge is -2.06. The van der Waals surface area contributed by atoms with Gasteiger partial charge in [0.05, 0.1) is 0 Å². The molecule has 2 rings (SSSR count). The van der Waals surface area contributed by atoms with Crippen LogP contribution >= 0.6 is 0 Å². The summed E-state index contributed by atoms with van der Waals surface area (Å²) in [6.45, 7) is 3.16. The van der Waals surface area contributed by atoms with Gasteiger partial charge < -0.3 is 10.2 Å². The Hall–Kier alpha value is -2.10. The Morgan fingerprint density at radius 2 is 2.00 bits per heavy atom. The van der Waals surface area contributed by atoms with Crippen molar-refractivity contribution in [1.82, 2.24) is 4.98 Å². The van der Waals surface area contributed by atoms with Crippen LogP contribution in [0.3, 0.4) is 0 Å². The number of nitrogens with zero attached hydrogens (tertiary/aromatic N) is 1. The van der Waals surface area contributed by atoms with E-state index >= 15 is 0 Å². The van der Waals surface area contributed by atoms with Gasteiger partial charge in [-0.2, -0.15) is 0 Å². The normalized spacial score (nSPS) is 10.6. The standard InChI is InChI=1S/C12H11NO3/c1-6-9(7(2)14)5-8-3-4-10(15)12(16)11(8)13-6/h3-5,15-16H,1-2H3. The molecule has 16 heavy (non-hydrogen) atoms. The Bertz CT molecular complexity index is 590. The van der Waals surface area contributed by atoms with Crippen LogP contribution in [0.4, 0.5) is 0 Å². The molecule has 82 valence electrons. The molecule has 0 atom stereocenters. The second-order valence-corrected chi connectivity index (χ2v) is 3.68. The molecule has 4 heteroatoms. The zero-order valence-corrected chi connectivity index (χ0v) is 8.98. The van der Waals surface area contributed by atoms with Crippen LogP contribution in [-0.4, -0.2) is 21.0 Å². The van der Waals surface area contributed by atoms with E-state index in [1.54, 1.807) is 19.1 Å². The first-order valence-electron chi connectivity index (χ1n) is 4.84. The summed E-state index contributed by atoms with van der Waals surface area (Å²) in [4.78, 5) is 15.4. The van der Waals surface area contributed by atoms with Gasteiger partial charge in [-0.25, -0.2) is 4.98 Å². The quantitative estimate of drug-likeness (QED) is 0.567. The highest BCUT2D eigenvalue weighted by Gasteiger charge is 2.11. The van der Waals surface area contributed by atoms with Crippen molar-refractivity contribution in [2.75, 3.05) is 0 Å². The van der Waals surface area contributed by atoms with E-state index in [1.165, 1.54) is 13.0 Å². The largest absolute Gasteiger partial charge is 0.504 e. The van der Waals surface area contributed by atoms with Crippen LogP contribution in [0.25, 0.3) is 10.9 Å². The molecule has 2 N–H and O–H groups in total. The Morgan fingerprint density at radius 1 is 1.31 bits per heavy atom. The number of benzene rings is 1. The summed E-state index contributed by atoms with van der Waals surface area (Å²) in [5.41, 5.74) is 1.38. The number of phenols is 2. The topological polar surface area (TPSA) is 70.4 Å². The maximum atomic E-state index is 11.3. The van der Waals surface area contributed by atoms with E-state index in [9.17, 15) is 15.0 Å². The molecular formula is C12H11NO3. The summed E-state index contributed by atoms with van der Waals surface area (Å²) >= 11 is 0. The fourth-order valence-corrected chi connectivity index (χ4v) is 1.66. The lowest BCUT2D eigenvalue weighted by Crippen LogP contribution is -1.99. The van der Waals surface area contributed by atoms with Gasteiger partial charge in [0.1, 0.15) is 5.52 Å². The number of phenolic OH excluding ortho intramolecular Hbond substituents is 2. The predicted molar refractivity (Wildman–Crippen MR) is 59.8 cm³/mol. The summed E-state index contributed by atoms with van der Waals surface area (Å²) in [5.74, 6) is -0.537. The highest BCUT2D eigenvalue weighted by molar-refractivity contribution is 5.99. The molecule has 1 aromatic carbocycles. The van der Waals surface area contributed by atoms with Crippen molar-refractivity contribution in [1.29, 1.82) is 0 Å². The van der Waals surface area contributed by atoms with Crippen molar-refractivity contribution in [3.63, 3.8) is 0 Å². The van der Waals surface area contributed by atoms with Gasteiger partial charge in [0.15, 0.2) is 17.3 Å². The Balaban J connectivity index is 2.84. The van der Waals surface area contributed by atoms with Crippen LogP contribution in [0.2, 0.25) is 0 Å². The van der Waals surface area contributed by atoms with Crippen LogP contribution in [0.5, 0.6) is 11.5 Å². The minimum absolute atomic E-state index is 0.0699. The van der Waals surface area contributed by atoms with Crippen LogP contribution in [0.15, 0.2) is 18.2 Å². The van der Waals surface area contributed by atoms with Crippen molar-refractivity contribution < 1.29 is 15.0 Å². The summed E-state index contributed by atoms with van der Waals surface area (Å²) in [6, 6.07) is 4.65. The molecule has 2 aromatic rings. The van der Waals surface area contributed by atoms with Crippen LogP contribution < -0.4 is 0 Å². The third kappa shape index (κ3) is 1.48. The number of carbonyl (C=O) groups is 1. The zero-order chi connectivity index (χ0) is 11.9. The maximum Gasteiger partial charge on any atom is 0.184 e. The van der Waals surface area contributed by atoms with Gasteiger partial charge in [0, 0.05) is 16.6 Å². The second kappa shape index (κ2) is 3.48. The van der Waals surface area contributed by atoms with Gasteiger partial charge in [-0.3, -0.25) is 4.79 Å². The number of aromatic hydroxyl groups is 2. The average molecular weight is 217 g/mol. The van der Waals surface area contributed by atoms with Crippen molar-refractivity contribution >= 4 is 16.7 Å². The number of carbonyl (C=O) groups excluding carboxylic acids is 1. The van der Waals surface area contributed by atoms with E-state index in [0.29, 0.717) is 22.2 Å². The summed E-state index contributed by atoms with van der Waals surface area (Å²) in [6.07, 6.45) is 0. The molecule has 0 bridgehead atoms. The van der Waals surface area contributed by atoms with Crippen LogP contribution in [-0.2, 0) is 0 Å². The fourth-order valence-electron chi connectivity index (χ4n) is 1.66. The van der Waals surface area contributed by atoms with E-state index in [0.717, 1.165) is 0 Å². The number of Topliss-reactive ketones (excluding diaryl/α,β-unsaturated/α-hetero) is 1. The van der Waals surface area contributed by atoms with Crippen molar-refractivity contribution in [3.8, 4) is 11.5 Å². The molecule has 1 heterocycles. The van der Waals surface area contributed by atoms with E-state index in [4.69, 9.17) is 0 Å². The smallest absolute Gasteiger partial charge is 0.184 e. The van der Waals surface area contributed by atoms with E-state index in [2.05, 4.69) is 4.98 Å². The number of ketones is 1. The Kier molecular flexibility index (Phi) is 2.27. The summed E-state index contributed by atoms with van der Waals surface area (Å²) < 4.78 is 0. The first kappa shape index (κ1) is 10.4. The van der Waals surface area contributed by atoms with Crippen molar-refractivity contribution in [3.05, 3.63) is 29.5 Å². The minimum Gasteiger partial charge on any atom is -0.504 e. The molecule has 0 fully saturated rings. The lowest BCUT2D eigenvalue weighted by atomic mass is 10.1. The monoisotopic (exact) mass is 217 g/mol. The number of rotatable bonds is 1. The molecule has 0 spiro atoms. The zero-order valence-electron chi connectivity index (χ0n) is 8.98. The van der Waals surface area contributed by atoms with E-state index in [-0.39, 0.29) is 17.3 Å². The number of hydrogen-bond donors (Lipinski definition) is 2. The van der Waals surface area contributed by atoms with E-state index < -0.39 is 0 Å². The fraction of sp³-hybridized carbons (Fsp3) is 0.167. The molecule has 0 radical (unpaired) electrons. The molecule has 0 aliphatic rings. The average Bonchev–Trinajstić information content (AvgIpc) is 2.23. The molecular weight excluding hydrogens is 206 g/mol.